The summed E-state index contributed by atoms with van der Waals surface area (Å²) in [5, 5.41) is 9.34. The first-order valence-corrected chi connectivity index (χ1v) is 7.07. The Morgan fingerprint density at radius 2 is 2.06 bits per heavy atom. The highest BCUT2D eigenvalue weighted by Crippen LogP contribution is 2.40. The number of nitrogens with zero attached hydrogens (tertiary/aromatic N) is 2. The summed E-state index contributed by atoms with van der Waals surface area (Å²) in [7, 11) is 0. The Balaban J connectivity index is 1.96. The van der Waals surface area contributed by atoms with Crippen molar-refractivity contribution in [2.24, 2.45) is 5.92 Å². The molecule has 2 atom stereocenters. The van der Waals surface area contributed by atoms with E-state index in [0.29, 0.717) is 6.04 Å². The second kappa shape index (κ2) is 4.65. The van der Waals surface area contributed by atoms with Crippen LogP contribution in [-0.4, -0.2) is 12.6 Å². The maximum atomic E-state index is 9.34. The molecule has 1 saturated heterocycles. The molecule has 2 aliphatic rings. The molecule has 0 aromatic heterocycles. The molecule has 0 amide bonds. The molecular weight excluding hydrogens is 220 g/mol. The highest BCUT2D eigenvalue weighted by atomic mass is 15.2. The summed E-state index contributed by atoms with van der Waals surface area (Å²) in [6, 6.07) is 9.36. The summed E-state index contributed by atoms with van der Waals surface area (Å²) in [5.74, 6) is 0.867. The Morgan fingerprint density at radius 3 is 2.89 bits per heavy atom. The number of rotatable bonds is 1. The minimum atomic E-state index is 0.688. The van der Waals surface area contributed by atoms with Gasteiger partial charge in [0, 0.05) is 12.6 Å². The zero-order chi connectivity index (χ0) is 12.5. The van der Waals surface area contributed by atoms with Crippen LogP contribution >= 0.6 is 0 Å². The third-order valence-electron chi connectivity index (χ3n) is 4.58. The van der Waals surface area contributed by atoms with Crippen LogP contribution in [0.4, 0.5) is 5.69 Å². The van der Waals surface area contributed by atoms with Crippen LogP contribution in [0.2, 0.25) is 0 Å². The Kier molecular flexibility index (Phi) is 2.99. The first-order chi connectivity index (χ1) is 8.79. The number of hydrogen-bond acceptors (Lipinski definition) is 2. The highest BCUT2D eigenvalue weighted by molar-refractivity contribution is 5.61. The van der Waals surface area contributed by atoms with Crippen LogP contribution in [0.15, 0.2) is 18.2 Å². The fraction of sp³-hybridized carbons (Fsp3) is 0.562. The van der Waals surface area contributed by atoms with Gasteiger partial charge in [-0.15, -0.1) is 0 Å². The van der Waals surface area contributed by atoms with E-state index in [2.05, 4.69) is 30.0 Å². The first-order valence-electron chi connectivity index (χ1n) is 7.07. The fourth-order valence-corrected chi connectivity index (χ4v) is 3.74. The van der Waals surface area contributed by atoms with E-state index in [4.69, 9.17) is 0 Å². The van der Waals surface area contributed by atoms with E-state index in [1.54, 1.807) is 0 Å². The molecule has 2 nitrogen and oxygen atoms in total. The van der Waals surface area contributed by atoms with Crippen LogP contribution in [0.25, 0.3) is 0 Å². The minimum absolute atomic E-state index is 0.688. The van der Waals surface area contributed by atoms with Gasteiger partial charge in [-0.3, -0.25) is 0 Å². The molecule has 3 rings (SSSR count). The third-order valence-corrected chi connectivity index (χ3v) is 4.58. The Labute approximate surface area is 109 Å². The van der Waals surface area contributed by atoms with Crippen LogP contribution in [-0.2, 0) is 0 Å². The van der Waals surface area contributed by atoms with E-state index >= 15 is 0 Å². The second-order valence-electron chi connectivity index (χ2n) is 5.73. The van der Waals surface area contributed by atoms with Gasteiger partial charge < -0.3 is 4.90 Å². The maximum Gasteiger partial charge on any atom is 0.101 e. The zero-order valence-electron chi connectivity index (χ0n) is 11.0. The topological polar surface area (TPSA) is 27.0 Å². The standard InChI is InChI=1S/C16H20N2/c1-12-7-8-16(14(10-12)11-17)18-9-3-5-13-4-2-6-15(13)18/h7-8,10,13,15H,2-6,9H2,1H3. The molecule has 1 saturated carbocycles. The Hall–Kier alpha value is -1.49. The van der Waals surface area contributed by atoms with Crippen LogP contribution < -0.4 is 4.90 Å². The lowest BCUT2D eigenvalue weighted by Gasteiger charge is -2.40. The van der Waals surface area contributed by atoms with Crippen molar-refractivity contribution >= 4 is 5.69 Å². The average Bonchev–Trinajstić information content (AvgIpc) is 2.86. The van der Waals surface area contributed by atoms with E-state index < -0.39 is 0 Å². The monoisotopic (exact) mass is 240 g/mol. The SMILES string of the molecule is Cc1ccc(N2CCCC3CCCC32)c(C#N)c1. The molecule has 0 N–H and O–H groups in total. The number of benzene rings is 1. The van der Waals surface area contributed by atoms with Crippen LogP contribution in [0.5, 0.6) is 0 Å². The van der Waals surface area contributed by atoms with E-state index in [9.17, 15) is 5.26 Å². The van der Waals surface area contributed by atoms with Crippen molar-refractivity contribution in [3.8, 4) is 6.07 Å². The summed E-state index contributed by atoms with van der Waals surface area (Å²) in [6.45, 7) is 3.18. The normalized spacial score (nSPS) is 26.8. The van der Waals surface area contributed by atoms with Crippen LogP contribution in [0.1, 0.15) is 43.2 Å². The van der Waals surface area contributed by atoms with Gasteiger partial charge >= 0.3 is 0 Å². The van der Waals surface area contributed by atoms with Gasteiger partial charge in [0.15, 0.2) is 0 Å². The van der Waals surface area contributed by atoms with Crippen molar-refractivity contribution in [2.75, 3.05) is 11.4 Å². The lowest BCUT2D eigenvalue weighted by atomic mass is 9.91. The van der Waals surface area contributed by atoms with Gasteiger partial charge in [-0.25, -0.2) is 0 Å². The smallest absolute Gasteiger partial charge is 0.101 e. The van der Waals surface area contributed by atoms with Gasteiger partial charge in [0.1, 0.15) is 6.07 Å². The molecule has 2 fully saturated rings. The second-order valence-corrected chi connectivity index (χ2v) is 5.73. The molecule has 1 aliphatic heterocycles. The van der Waals surface area contributed by atoms with Crippen molar-refractivity contribution < 1.29 is 0 Å². The zero-order valence-corrected chi connectivity index (χ0v) is 11.0. The summed E-state index contributed by atoms with van der Waals surface area (Å²) < 4.78 is 0. The molecule has 1 heterocycles. The highest BCUT2D eigenvalue weighted by Gasteiger charge is 2.35. The van der Waals surface area contributed by atoms with Crippen molar-refractivity contribution in [2.45, 2.75) is 45.1 Å². The van der Waals surface area contributed by atoms with Gasteiger partial charge in [0.05, 0.1) is 11.3 Å². The van der Waals surface area contributed by atoms with E-state index in [-0.39, 0.29) is 0 Å². The van der Waals surface area contributed by atoms with Crippen LogP contribution in [0.3, 0.4) is 0 Å². The quantitative estimate of drug-likeness (QED) is 0.749. The molecule has 1 aromatic carbocycles. The van der Waals surface area contributed by atoms with Gasteiger partial charge in [-0.05, 0) is 56.2 Å². The molecule has 2 heteroatoms. The van der Waals surface area contributed by atoms with E-state index in [1.807, 2.05) is 6.07 Å². The van der Waals surface area contributed by atoms with Crippen LogP contribution in [0, 0.1) is 24.2 Å². The van der Waals surface area contributed by atoms with Gasteiger partial charge in [-0.2, -0.15) is 5.26 Å². The van der Waals surface area contributed by atoms with E-state index in [0.717, 1.165) is 18.0 Å². The summed E-state index contributed by atoms with van der Waals surface area (Å²) >= 11 is 0. The number of anilines is 1. The molecule has 1 aromatic rings. The summed E-state index contributed by atoms with van der Waals surface area (Å²) in [5.41, 5.74) is 3.19. The predicted molar refractivity (Wildman–Crippen MR) is 73.6 cm³/mol. The summed E-state index contributed by atoms with van der Waals surface area (Å²) in [6.07, 6.45) is 6.72. The van der Waals surface area contributed by atoms with Gasteiger partial charge in [-0.1, -0.05) is 12.5 Å². The van der Waals surface area contributed by atoms with Crippen molar-refractivity contribution in [3.63, 3.8) is 0 Å². The number of hydrogen-bond donors (Lipinski definition) is 0. The number of aryl methyl sites for hydroxylation is 1. The lowest BCUT2D eigenvalue weighted by molar-refractivity contribution is 0.362. The molecule has 0 radical (unpaired) electrons. The molecule has 94 valence electrons. The first kappa shape index (κ1) is 11.6. The molecule has 0 bridgehead atoms. The molecule has 18 heavy (non-hydrogen) atoms. The van der Waals surface area contributed by atoms with Gasteiger partial charge in [0.2, 0.25) is 0 Å². The van der Waals surface area contributed by atoms with Crippen molar-refractivity contribution in [1.82, 2.24) is 0 Å². The fourth-order valence-electron chi connectivity index (χ4n) is 3.74. The summed E-state index contributed by atoms with van der Waals surface area (Å²) in [4.78, 5) is 2.51. The maximum absolute atomic E-state index is 9.34. The molecule has 0 spiro atoms. The largest absolute Gasteiger partial charge is 0.367 e. The minimum Gasteiger partial charge on any atom is -0.367 e. The number of piperidine rings is 1. The Morgan fingerprint density at radius 1 is 1.22 bits per heavy atom. The average molecular weight is 240 g/mol. The van der Waals surface area contributed by atoms with Crippen molar-refractivity contribution in [3.05, 3.63) is 29.3 Å². The Bertz CT molecular complexity index is 486. The molecule has 2 unspecified atom stereocenters. The molecule has 1 aliphatic carbocycles. The molecular formula is C16H20N2. The van der Waals surface area contributed by atoms with E-state index in [1.165, 1.54) is 43.4 Å². The van der Waals surface area contributed by atoms with Gasteiger partial charge in [0.25, 0.3) is 0 Å². The lowest BCUT2D eigenvalue weighted by Crippen LogP contribution is -2.43. The predicted octanol–water partition coefficient (Wildman–Crippen LogP) is 3.64. The third kappa shape index (κ3) is 1.88. The number of nitriles is 1. The number of fused-ring (bicyclic) bond motifs is 1. The van der Waals surface area contributed by atoms with Crippen molar-refractivity contribution in [1.29, 1.82) is 5.26 Å².